The van der Waals surface area contributed by atoms with Crippen LogP contribution in [0.15, 0.2) is 41.6 Å². The largest absolute Gasteiger partial charge is 0.454 e. The average Bonchev–Trinajstić information content (AvgIpc) is 3.35. The lowest BCUT2D eigenvalue weighted by Crippen LogP contribution is -2.35. The van der Waals surface area contributed by atoms with E-state index in [1.165, 1.54) is 0 Å². The van der Waals surface area contributed by atoms with E-state index in [0.29, 0.717) is 22.3 Å². The van der Waals surface area contributed by atoms with Crippen molar-refractivity contribution in [2.75, 3.05) is 17.9 Å². The summed E-state index contributed by atoms with van der Waals surface area (Å²) in [5, 5.41) is 17.0. The number of anilines is 1. The van der Waals surface area contributed by atoms with Crippen molar-refractivity contribution >= 4 is 29.4 Å². The number of rotatable bonds is 5. The topological polar surface area (TPSA) is 120 Å². The highest BCUT2D eigenvalue weighted by molar-refractivity contribution is 7.99. The van der Waals surface area contributed by atoms with Crippen LogP contribution in [0.1, 0.15) is 11.1 Å². The number of amides is 3. The molecule has 0 atom stereocenters. The zero-order valence-electron chi connectivity index (χ0n) is 16.2. The Bertz CT molecular complexity index is 1120. The number of tetrazole rings is 1. The van der Waals surface area contributed by atoms with Crippen molar-refractivity contribution in [3.63, 3.8) is 0 Å². The first-order valence-electron chi connectivity index (χ1n) is 8.99. The van der Waals surface area contributed by atoms with E-state index in [1.54, 1.807) is 22.9 Å². The minimum atomic E-state index is -0.645. The molecule has 1 aliphatic heterocycles. The number of hydrogen-bond donors (Lipinski definition) is 2. The highest BCUT2D eigenvalue weighted by Gasteiger charge is 2.16. The van der Waals surface area contributed by atoms with Crippen molar-refractivity contribution in [3.8, 4) is 17.2 Å². The number of nitrogens with one attached hydrogen (secondary N) is 2. The Balaban J connectivity index is 1.33. The predicted molar refractivity (Wildman–Crippen MR) is 109 cm³/mol. The molecule has 10 nitrogen and oxygen atoms in total. The second-order valence-electron chi connectivity index (χ2n) is 6.52. The maximum atomic E-state index is 12.2. The van der Waals surface area contributed by atoms with Crippen molar-refractivity contribution in [1.29, 1.82) is 0 Å². The first kappa shape index (κ1) is 19.7. The number of hydrogen-bond acceptors (Lipinski definition) is 8. The number of nitrogens with zero attached hydrogens (tertiary/aromatic N) is 4. The Kier molecular flexibility index (Phi) is 5.53. The zero-order chi connectivity index (χ0) is 21.1. The molecule has 3 aromatic rings. The van der Waals surface area contributed by atoms with Gasteiger partial charge in [-0.2, -0.15) is 4.68 Å². The maximum absolute atomic E-state index is 12.2. The lowest BCUT2D eigenvalue weighted by atomic mass is 10.1. The molecule has 0 saturated heterocycles. The summed E-state index contributed by atoms with van der Waals surface area (Å²) in [6, 6.07) is 10.2. The predicted octanol–water partition coefficient (Wildman–Crippen LogP) is 2.45. The summed E-state index contributed by atoms with van der Waals surface area (Å²) in [5.74, 6) is 0.635. The number of carbonyl (C=O) groups is 2. The first-order valence-corrected chi connectivity index (χ1v) is 9.97. The number of imide groups is 1. The molecular weight excluding hydrogens is 408 g/mol. The molecule has 0 spiro atoms. The van der Waals surface area contributed by atoms with Gasteiger partial charge in [-0.15, -0.1) is 5.10 Å². The van der Waals surface area contributed by atoms with Crippen LogP contribution in [0.2, 0.25) is 0 Å². The monoisotopic (exact) mass is 426 g/mol. The highest BCUT2D eigenvalue weighted by atomic mass is 32.2. The maximum Gasteiger partial charge on any atom is 0.325 e. The molecule has 4 rings (SSSR count). The van der Waals surface area contributed by atoms with Gasteiger partial charge in [0, 0.05) is 11.8 Å². The van der Waals surface area contributed by atoms with Crippen LogP contribution in [0.4, 0.5) is 10.5 Å². The second kappa shape index (κ2) is 8.41. The van der Waals surface area contributed by atoms with Crippen molar-refractivity contribution in [3.05, 3.63) is 47.5 Å². The number of urea groups is 1. The molecule has 1 aliphatic rings. The molecular formula is C19H18N6O4S. The minimum absolute atomic E-state index is 0.0279. The highest BCUT2D eigenvalue weighted by Crippen LogP contribution is 2.34. The van der Waals surface area contributed by atoms with Crippen LogP contribution < -0.4 is 20.1 Å². The molecule has 30 heavy (non-hydrogen) atoms. The first-order chi connectivity index (χ1) is 14.5. The van der Waals surface area contributed by atoms with E-state index in [1.807, 2.05) is 32.0 Å². The summed E-state index contributed by atoms with van der Waals surface area (Å²) >= 11 is 1.13. The molecule has 3 amide bonds. The summed E-state index contributed by atoms with van der Waals surface area (Å²) in [7, 11) is 0. The normalized spacial score (nSPS) is 11.9. The van der Waals surface area contributed by atoms with Gasteiger partial charge in [0.15, 0.2) is 11.5 Å². The third kappa shape index (κ3) is 4.35. The summed E-state index contributed by atoms with van der Waals surface area (Å²) < 4.78 is 12.0. The van der Waals surface area contributed by atoms with Crippen LogP contribution in [-0.4, -0.2) is 44.7 Å². The lowest BCUT2D eigenvalue weighted by molar-refractivity contribution is -0.117. The van der Waals surface area contributed by atoms with Crippen molar-refractivity contribution in [1.82, 2.24) is 25.5 Å². The van der Waals surface area contributed by atoms with Gasteiger partial charge in [0.1, 0.15) is 0 Å². The number of carbonyl (C=O) groups excluding carboxylic acids is 2. The fraction of sp³-hybridized carbons (Fsp3) is 0.211. The third-order valence-corrected chi connectivity index (χ3v) is 5.16. The number of fused-ring (bicyclic) bond motifs is 1. The summed E-state index contributed by atoms with van der Waals surface area (Å²) in [5.41, 5.74) is 3.45. The van der Waals surface area contributed by atoms with Gasteiger partial charge in [0.25, 0.3) is 0 Å². The van der Waals surface area contributed by atoms with Crippen molar-refractivity contribution < 1.29 is 19.1 Å². The van der Waals surface area contributed by atoms with Gasteiger partial charge in [-0.25, -0.2) is 4.79 Å². The molecule has 0 unspecified atom stereocenters. The van der Waals surface area contributed by atoms with E-state index in [4.69, 9.17) is 9.47 Å². The fourth-order valence-corrected chi connectivity index (χ4v) is 3.58. The lowest BCUT2D eigenvalue weighted by Gasteiger charge is -2.09. The molecule has 0 aliphatic carbocycles. The van der Waals surface area contributed by atoms with Gasteiger partial charge in [-0.1, -0.05) is 29.5 Å². The Hall–Kier alpha value is -3.60. The third-order valence-electron chi connectivity index (χ3n) is 4.24. The summed E-state index contributed by atoms with van der Waals surface area (Å²) in [6.45, 7) is 4.11. The average molecular weight is 426 g/mol. The zero-order valence-corrected chi connectivity index (χ0v) is 17.0. The van der Waals surface area contributed by atoms with Crippen LogP contribution in [0.5, 0.6) is 11.5 Å². The van der Waals surface area contributed by atoms with Gasteiger partial charge in [-0.3, -0.25) is 10.1 Å². The van der Waals surface area contributed by atoms with Gasteiger partial charge in [-0.05, 0) is 48.0 Å². The van der Waals surface area contributed by atoms with Crippen LogP contribution in [0, 0.1) is 13.8 Å². The Morgan fingerprint density at radius 2 is 1.97 bits per heavy atom. The molecule has 0 fully saturated rings. The second-order valence-corrected chi connectivity index (χ2v) is 7.46. The molecule has 154 valence electrons. The summed E-state index contributed by atoms with van der Waals surface area (Å²) in [4.78, 5) is 24.2. The Morgan fingerprint density at radius 3 is 2.80 bits per heavy atom. The SMILES string of the molecule is Cc1ccc(-n2nnnc2SCC(=O)NC(=O)Nc2ccc3c(c2)OCO3)c(C)c1. The Morgan fingerprint density at radius 1 is 1.13 bits per heavy atom. The number of benzene rings is 2. The van der Waals surface area contributed by atoms with Crippen LogP contribution in [-0.2, 0) is 4.79 Å². The molecule has 1 aromatic heterocycles. The van der Waals surface area contributed by atoms with E-state index >= 15 is 0 Å². The molecule has 2 aromatic carbocycles. The molecule has 0 bridgehead atoms. The Labute approximate surface area is 175 Å². The van der Waals surface area contributed by atoms with Crippen molar-refractivity contribution in [2.24, 2.45) is 0 Å². The number of ether oxygens (including phenoxy) is 2. The summed E-state index contributed by atoms with van der Waals surface area (Å²) in [6.07, 6.45) is 0. The standard InChI is InChI=1S/C19H18N6O4S/c1-11-3-5-14(12(2)7-11)25-19(22-23-24-25)30-9-17(26)21-18(27)20-13-4-6-15-16(8-13)29-10-28-15/h3-8H,9-10H2,1-2H3,(H2,20,21,26,27). The van der Waals surface area contributed by atoms with Gasteiger partial charge >= 0.3 is 6.03 Å². The fourth-order valence-electron chi connectivity index (χ4n) is 2.89. The molecule has 0 saturated carbocycles. The van der Waals surface area contributed by atoms with E-state index in [-0.39, 0.29) is 12.5 Å². The van der Waals surface area contributed by atoms with E-state index in [2.05, 4.69) is 26.2 Å². The van der Waals surface area contributed by atoms with Gasteiger partial charge in [0.2, 0.25) is 17.9 Å². The van der Waals surface area contributed by atoms with Gasteiger partial charge in [0.05, 0.1) is 11.4 Å². The smallest absolute Gasteiger partial charge is 0.325 e. The van der Waals surface area contributed by atoms with E-state index < -0.39 is 11.9 Å². The minimum Gasteiger partial charge on any atom is -0.454 e. The van der Waals surface area contributed by atoms with E-state index in [9.17, 15) is 9.59 Å². The quantitative estimate of drug-likeness (QED) is 0.597. The number of aromatic nitrogens is 4. The molecule has 2 N–H and O–H groups in total. The number of aryl methyl sites for hydroxylation is 2. The van der Waals surface area contributed by atoms with Crippen LogP contribution in [0.3, 0.4) is 0 Å². The van der Waals surface area contributed by atoms with E-state index in [0.717, 1.165) is 28.6 Å². The number of thioether (sulfide) groups is 1. The molecule has 2 heterocycles. The van der Waals surface area contributed by atoms with Crippen LogP contribution in [0.25, 0.3) is 5.69 Å². The van der Waals surface area contributed by atoms with Gasteiger partial charge < -0.3 is 14.8 Å². The molecule has 0 radical (unpaired) electrons. The van der Waals surface area contributed by atoms with Crippen LogP contribution >= 0.6 is 11.8 Å². The molecule has 11 heteroatoms. The van der Waals surface area contributed by atoms with Crippen molar-refractivity contribution in [2.45, 2.75) is 19.0 Å².